The van der Waals surface area contributed by atoms with Crippen molar-refractivity contribution in [2.75, 3.05) is 25.5 Å². The van der Waals surface area contributed by atoms with Gasteiger partial charge >= 0.3 is 0 Å². The molecule has 1 aromatic heterocycles. The third-order valence-electron chi connectivity index (χ3n) is 3.25. The molecule has 0 atom stereocenters. The first-order valence-corrected chi connectivity index (χ1v) is 9.17. The second-order valence-corrected chi connectivity index (χ2v) is 6.17. The van der Waals surface area contributed by atoms with Crippen LogP contribution in [0.4, 0.5) is 0 Å². The number of nitrogens with zero attached hydrogens (tertiary/aromatic N) is 4. The van der Waals surface area contributed by atoms with Crippen LogP contribution in [0.3, 0.4) is 0 Å². The SMILES string of the molecule is CCOc1ccc(CNCCCSc2nnnn2C)cc1OCC. The van der Waals surface area contributed by atoms with Gasteiger partial charge in [-0.05, 0) is 54.9 Å². The van der Waals surface area contributed by atoms with Gasteiger partial charge in [0.2, 0.25) is 5.16 Å². The van der Waals surface area contributed by atoms with Gasteiger partial charge in [-0.1, -0.05) is 17.8 Å². The number of ether oxygens (including phenoxy) is 2. The zero-order valence-corrected chi connectivity index (χ0v) is 15.3. The lowest BCUT2D eigenvalue weighted by atomic mass is 10.2. The molecule has 0 amide bonds. The lowest BCUT2D eigenvalue weighted by Crippen LogP contribution is -2.15. The fourth-order valence-corrected chi connectivity index (χ4v) is 2.93. The Kier molecular flexibility index (Phi) is 7.84. The molecule has 8 heteroatoms. The average Bonchev–Trinajstić information content (AvgIpc) is 2.98. The molecule has 1 N–H and O–H groups in total. The van der Waals surface area contributed by atoms with Gasteiger partial charge in [-0.25, -0.2) is 4.68 Å². The summed E-state index contributed by atoms with van der Waals surface area (Å²) in [5.41, 5.74) is 1.19. The van der Waals surface area contributed by atoms with Crippen molar-refractivity contribution in [2.45, 2.75) is 32.0 Å². The van der Waals surface area contributed by atoms with Crippen LogP contribution in [0.15, 0.2) is 23.4 Å². The molecule has 0 fully saturated rings. The number of aromatic nitrogens is 4. The summed E-state index contributed by atoms with van der Waals surface area (Å²) in [5.74, 6) is 2.59. The van der Waals surface area contributed by atoms with Crippen LogP contribution < -0.4 is 14.8 Å². The van der Waals surface area contributed by atoms with Crippen LogP contribution in [-0.4, -0.2) is 45.7 Å². The Labute approximate surface area is 147 Å². The standard InChI is InChI=1S/C16H25N5O2S/c1-4-22-14-8-7-13(11-15(14)23-5-2)12-17-9-6-10-24-16-18-19-20-21(16)3/h7-8,11,17H,4-6,9-10,12H2,1-3H3. The Hall–Kier alpha value is -1.80. The van der Waals surface area contributed by atoms with Crippen LogP contribution >= 0.6 is 11.8 Å². The van der Waals surface area contributed by atoms with Crippen LogP contribution in [0, 0.1) is 0 Å². The summed E-state index contributed by atoms with van der Waals surface area (Å²) in [6.45, 7) is 6.96. The molecular weight excluding hydrogens is 326 g/mol. The molecular formula is C16H25N5O2S. The fourth-order valence-electron chi connectivity index (χ4n) is 2.14. The van der Waals surface area contributed by atoms with E-state index in [2.05, 4.69) is 26.9 Å². The van der Waals surface area contributed by atoms with Crippen molar-refractivity contribution in [1.29, 1.82) is 0 Å². The van der Waals surface area contributed by atoms with Crippen LogP contribution in [0.25, 0.3) is 0 Å². The summed E-state index contributed by atoms with van der Waals surface area (Å²) in [4.78, 5) is 0. The molecule has 132 valence electrons. The quantitative estimate of drug-likeness (QED) is 0.492. The molecule has 0 saturated heterocycles. The molecule has 1 aromatic carbocycles. The predicted octanol–water partition coefficient (Wildman–Crippen LogP) is 2.28. The Morgan fingerprint density at radius 2 is 1.96 bits per heavy atom. The first kappa shape index (κ1) is 18.5. The van der Waals surface area contributed by atoms with Crippen molar-refractivity contribution < 1.29 is 9.47 Å². The van der Waals surface area contributed by atoms with E-state index in [0.717, 1.165) is 41.9 Å². The van der Waals surface area contributed by atoms with E-state index >= 15 is 0 Å². The van der Waals surface area contributed by atoms with Crippen molar-refractivity contribution >= 4 is 11.8 Å². The number of thioether (sulfide) groups is 1. The van der Waals surface area contributed by atoms with Crippen LogP contribution in [0.5, 0.6) is 11.5 Å². The third-order valence-corrected chi connectivity index (χ3v) is 4.34. The number of rotatable bonds is 11. The minimum atomic E-state index is 0.630. The normalized spacial score (nSPS) is 10.8. The first-order chi connectivity index (χ1) is 11.7. The average molecular weight is 351 g/mol. The molecule has 0 unspecified atom stereocenters. The highest BCUT2D eigenvalue weighted by molar-refractivity contribution is 7.99. The summed E-state index contributed by atoms with van der Waals surface area (Å²) in [6, 6.07) is 6.09. The van der Waals surface area contributed by atoms with E-state index in [-0.39, 0.29) is 0 Å². The second-order valence-electron chi connectivity index (χ2n) is 5.11. The summed E-state index contributed by atoms with van der Waals surface area (Å²) in [5, 5.41) is 15.7. The highest BCUT2D eigenvalue weighted by Gasteiger charge is 2.06. The van der Waals surface area contributed by atoms with E-state index in [4.69, 9.17) is 9.47 Å². The molecule has 2 rings (SSSR count). The van der Waals surface area contributed by atoms with Crippen molar-refractivity contribution in [3.63, 3.8) is 0 Å². The van der Waals surface area contributed by atoms with Gasteiger partial charge in [0, 0.05) is 19.3 Å². The zero-order valence-electron chi connectivity index (χ0n) is 14.5. The maximum Gasteiger partial charge on any atom is 0.209 e. The van der Waals surface area contributed by atoms with Crippen LogP contribution in [0.2, 0.25) is 0 Å². The van der Waals surface area contributed by atoms with E-state index < -0.39 is 0 Å². The van der Waals surface area contributed by atoms with Crippen molar-refractivity contribution in [3.05, 3.63) is 23.8 Å². The van der Waals surface area contributed by atoms with Crippen LogP contribution in [-0.2, 0) is 13.6 Å². The molecule has 0 saturated carbocycles. The number of benzene rings is 1. The van der Waals surface area contributed by atoms with Gasteiger partial charge in [0.25, 0.3) is 0 Å². The van der Waals surface area contributed by atoms with Gasteiger partial charge in [0.15, 0.2) is 11.5 Å². The fraction of sp³-hybridized carbons (Fsp3) is 0.562. The topological polar surface area (TPSA) is 74.1 Å². The minimum absolute atomic E-state index is 0.630. The number of nitrogens with one attached hydrogen (secondary N) is 1. The van der Waals surface area contributed by atoms with Gasteiger partial charge in [-0.15, -0.1) is 5.10 Å². The highest BCUT2D eigenvalue weighted by Crippen LogP contribution is 2.28. The number of hydrogen-bond acceptors (Lipinski definition) is 7. The van der Waals surface area contributed by atoms with Gasteiger partial charge in [0.05, 0.1) is 13.2 Å². The summed E-state index contributed by atoms with van der Waals surface area (Å²) in [7, 11) is 1.85. The summed E-state index contributed by atoms with van der Waals surface area (Å²) < 4.78 is 12.9. The van der Waals surface area contributed by atoms with E-state index in [1.54, 1.807) is 16.4 Å². The lowest BCUT2D eigenvalue weighted by Gasteiger charge is -2.12. The Balaban J connectivity index is 1.71. The smallest absolute Gasteiger partial charge is 0.209 e. The number of tetrazole rings is 1. The van der Waals surface area contributed by atoms with Crippen molar-refractivity contribution in [1.82, 2.24) is 25.5 Å². The van der Waals surface area contributed by atoms with Gasteiger partial charge in [0.1, 0.15) is 0 Å². The van der Waals surface area contributed by atoms with E-state index in [9.17, 15) is 0 Å². The van der Waals surface area contributed by atoms with E-state index in [0.29, 0.717) is 13.2 Å². The van der Waals surface area contributed by atoms with Gasteiger partial charge in [-0.3, -0.25) is 0 Å². The largest absolute Gasteiger partial charge is 0.490 e. The molecule has 24 heavy (non-hydrogen) atoms. The maximum absolute atomic E-state index is 5.65. The molecule has 7 nitrogen and oxygen atoms in total. The Morgan fingerprint density at radius 1 is 1.17 bits per heavy atom. The van der Waals surface area contributed by atoms with Gasteiger partial charge in [-0.2, -0.15) is 0 Å². The van der Waals surface area contributed by atoms with Crippen molar-refractivity contribution in [3.8, 4) is 11.5 Å². The molecule has 0 radical (unpaired) electrons. The number of aryl methyl sites for hydroxylation is 1. The Bertz CT molecular complexity index is 620. The first-order valence-electron chi connectivity index (χ1n) is 8.19. The molecule has 0 aliphatic rings. The van der Waals surface area contributed by atoms with E-state index in [1.807, 2.05) is 33.0 Å². The third kappa shape index (κ3) is 5.68. The Morgan fingerprint density at radius 3 is 2.67 bits per heavy atom. The zero-order chi connectivity index (χ0) is 17.2. The molecule has 0 aliphatic carbocycles. The van der Waals surface area contributed by atoms with Crippen molar-refractivity contribution in [2.24, 2.45) is 7.05 Å². The minimum Gasteiger partial charge on any atom is -0.490 e. The predicted molar refractivity (Wildman–Crippen MR) is 94.6 cm³/mol. The monoisotopic (exact) mass is 351 g/mol. The van der Waals surface area contributed by atoms with E-state index in [1.165, 1.54) is 5.56 Å². The second kappa shape index (κ2) is 10.1. The summed E-state index contributed by atoms with van der Waals surface area (Å²) >= 11 is 1.67. The highest BCUT2D eigenvalue weighted by atomic mass is 32.2. The van der Waals surface area contributed by atoms with Gasteiger partial charge < -0.3 is 14.8 Å². The molecule has 0 bridgehead atoms. The lowest BCUT2D eigenvalue weighted by molar-refractivity contribution is 0.287. The maximum atomic E-state index is 5.65. The number of hydrogen-bond donors (Lipinski definition) is 1. The molecule has 0 aliphatic heterocycles. The molecule has 0 spiro atoms. The molecule has 1 heterocycles. The summed E-state index contributed by atoms with van der Waals surface area (Å²) in [6.07, 6.45) is 1.05. The van der Waals surface area contributed by atoms with Crippen LogP contribution in [0.1, 0.15) is 25.8 Å². The molecule has 2 aromatic rings.